The van der Waals surface area contributed by atoms with Crippen LogP contribution in [0.1, 0.15) is 33.1 Å². The molecular weight excluding hydrogens is 587 g/mol. The number of morpholine rings is 1. The lowest BCUT2D eigenvalue weighted by atomic mass is 10.0. The summed E-state index contributed by atoms with van der Waals surface area (Å²) in [5.74, 6) is -3.24. The molecule has 0 aliphatic carbocycles. The highest BCUT2D eigenvalue weighted by atomic mass is 19.1. The number of halogens is 1. The SMILES string of the molecule is Cc1ccc(C(C(=O)Nc2ccc(N3CCOCC3)cc2)N(Cc2ccccc2F)C(=O)CN2C(=O)C(=O)c3ccccc32)cc1. The number of rotatable bonds is 9. The Kier molecular flexibility index (Phi) is 8.89. The number of ether oxygens (including phenoxy) is 1. The number of aryl methyl sites for hydroxylation is 1. The van der Waals surface area contributed by atoms with Crippen LogP contribution >= 0.6 is 0 Å². The van der Waals surface area contributed by atoms with Crippen LogP contribution in [0.5, 0.6) is 0 Å². The second kappa shape index (κ2) is 13.3. The van der Waals surface area contributed by atoms with Crippen molar-refractivity contribution in [2.24, 2.45) is 0 Å². The summed E-state index contributed by atoms with van der Waals surface area (Å²) >= 11 is 0. The molecule has 6 rings (SSSR count). The fourth-order valence-electron chi connectivity index (χ4n) is 5.77. The van der Waals surface area contributed by atoms with E-state index in [4.69, 9.17) is 4.74 Å². The van der Waals surface area contributed by atoms with E-state index in [-0.39, 0.29) is 17.7 Å². The van der Waals surface area contributed by atoms with E-state index < -0.39 is 41.9 Å². The number of amides is 3. The number of ketones is 1. The van der Waals surface area contributed by atoms with Crippen LogP contribution in [0.25, 0.3) is 0 Å². The maximum atomic E-state index is 15.0. The highest BCUT2D eigenvalue weighted by molar-refractivity contribution is 6.52. The van der Waals surface area contributed by atoms with Crippen molar-refractivity contribution in [1.29, 1.82) is 0 Å². The third-order valence-corrected chi connectivity index (χ3v) is 8.26. The maximum absolute atomic E-state index is 15.0. The molecule has 0 bridgehead atoms. The number of hydrogen-bond donors (Lipinski definition) is 1. The average Bonchev–Trinajstić information content (AvgIpc) is 3.31. The minimum absolute atomic E-state index is 0.194. The molecule has 2 heterocycles. The third-order valence-electron chi connectivity index (χ3n) is 8.26. The lowest BCUT2D eigenvalue weighted by Gasteiger charge is -2.33. The van der Waals surface area contributed by atoms with Crippen molar-refractivity contribution in [1.82, 2.24) is 4.90 Å². The zero-order chi connectivity index (χ0) is 32.2. The summed E-state index contributed by atoms with van der Waals surface area (Å²) in [6.45, 7) is 3.96. The first kappa shape index (κ1) is 30.7. The molecular formula is C36H33FN4O5. The van der Waals surface area contributed by atoms with Crippen LogP contribution in [0.3, 0.4) is 0 Å². The molecule has 1 fully saturated rings. The molecule has 46 heavy (non-hydrogen) atoms. The second-order valence-electron chi connectivity index (χ2n) is 11.3. The lowest BCUT2D eigenvalue weighted by molar-refractivity contribution is -0.139. The van der Waals surface area contributed by atoms with Gasteiger partial charge >= 0.3 is 0 Å². The van der Waals surface area contributed by atoms with Crippen LogP contribution in [0, 0.1) is 12.7 Å². The smallest absolute Gasteiger partial charge is 0.299 e. The average molecular weight is 621 g/mol. The summed E-state index contributed by atoms with van der Waals surface area (Å²) in [4.78, 5) is 58.7. The van der Waals surface area contributed by atoms with E-state index in [2.05, 4.69) is 10.2 Å². The summed E-state index contributed by atoms with van der Waals surface area (Å²) in [6.07, 6.45) is 0. The zero-order valence-electron chi connectivity index (χ0n) is 25.3. The van der Waals surface area contributed by atoms with E-state index >= 15 is 4.39 Å². The topological polar surface area (TPSA) is 99.3 Å². The second-order valence-corrected chi connectivity index (χ2v) is 11.3. The predicted molar refractivity (Wildman–Crippen MR) is 172 cm³/mol. The first-order valence-corrected chi connectivity index (χ1v) is 15.1. The molecule has 234 valence electrons. The number of benzene rings is 4. The minimum Gasteiger partial charge on any atom is -0.378 e. The van der Waals surface area contributed by atoms with E-state index in [9.17, 15) is 19.2 Å². The molecule has 1 atom stereocenters. The van der Waals surface area contributed by atoms with Crippen molar-refractivity contribution < 1.29 is 28.3 Å². The molecule has 1 N–H and O–H groups in total. The molecule has 0 spiro atoms. The number of carbonyl (C=O) groups excluding carboxylic acids is 4. The number of hydrogen-bond acceptors (Lipinski definition) is 6. The van der Waals surface area contributed by atoms with Gasteiger partial charge in [0.15, 0.2) is 0 Å². The van der Waals surface area contributed by atoms with Crippen LogP contribution < -0.4 is 15.1 Å². The van der Waals surface area contributed by atoms with Gasteiger partial charge in [-0.3, -0.25) is 24.1 Å². The van der Waals surface area contributed by atoms with Gasteiger partial charge in [0.2, 0.25) is 5.91 Å². The van der Waals surface area contributed by atoms with Crippen molar-refractivity contribution in [2.45, 2.75) is 19.5 Å². The van der Waals surface area contributed by atoms with Gasteiger partial charge in [-0.25, -0.2) is 4.39 Å². The Morgan fingerprint density at radius 2 is 1.57 bits per heavy atom. The van der Waals surface area contributed by atoms with Gasteiger partial charge in [-0.15, -0.1) is 0 Å². The Bertz CT molecular complexity index is 1770. The van der Waals surface area contributed by atoms with E-state index in [1.165, 1.54) is 17.0 Å². The summed E-state index contributed by atoms with van der Waals surface area (Å²) in [7, 11) is 0. The highest BCUT2D eigenvalue weighted by Gasteiger charge is 2.39. The van der Waals surface area contributed by atoms with Gasteiger partial charge in [0.1, 0.15) is 18.4 Å². The predicted octanol–water partition coefficient (Wildman–Crippen LogP) is 4.91. The summed E-state index contributed by atoms with van der Waals surface area (Å²) < 4.78 is 20.5. The van der Waals surface area contributed by atoms with E-state index in [1.54, 1.807) is 60.7 Å². The quantitative estimate of drug-likeness (QED) is 0.267. The normalized spacial score (nSPS) is 15.0. The van der Waals surface area contributed by atoms with Gasteiger partial charge in [-0.1, -0.05) is 60.2 Å². The molecule has 9 nitrogen and oxygen atoms in total. The fraction of sp³-hybridized carbons (Fsp3) is 0.222. The molecule has 0 aromatic heterocycles. The van der Waals surface area contributed by atoms with E-state index in [0.717, 1.165) is 29.2 Å². The molecule has 4 aromatic rings. The molecule has 0 radical (unpaired) electrons. The zero-order valence-corrected chi connectivity index (χ0v) is 25.3. The number of Topliss-reactive ketones (excluding diaryl/α,β-unsaturated/α-hetero) is 1. The maximum Gasteiger partial charge on any atom is 0.299 e. The van der Waals surface area contributed by atoms with Crippen LogP contribution in [0.15, 0.2) is 97.1 Å². The van der Waals surface area contributed by atoms with Gasteiger partial charge in [0.25, 0.3) is 17.6 Å². The van der Waals surface area contributed by atoms with Gasteiger partial charge < -0.3 is 19.9 Å². The molecule has 2 aliphatic heterocycles. The molecule has 10 heteroatoms. The first-order valence-electron chi connectivity index (χ1n) is 15.1. The monoisotopic (exact) mass is 620 g/mol. The lowest BCUT2D eigenvalue weighted by Crippen LogP contribution is -2.46. The van der Waals surface area contributed by atoms with E-state index in [1.807, 2.05) is 31.2 Å². The Morgan fingerprint density at radius 1 is 0.891 bits per heavy atom. The Balaban J connectivity index is 1.34. The molecule has 1 saturated heterocycles. The van der Waals surface area contributed by atoms with Crippen LogP contribution in [-0.2, 0) is 25.7 Å². The van der Waals surface area contributed by atoms with Crippen LogP contribution in [-0.4, -0.2) is 61.3 Å². The minimum atomic E-state index is -1.20. The Hall–Kier alpha value is -5.35. The number of anilines is 3. The number of carbonyl (C=O) groups is 4. The summed E-state index contributed by atoms with van der Waals surface area (Å²) in [5.41, 5.74) is 3.68. The first-order chi connectivity index (χ1) is 22.3. The van der Waals surface area contributed by atoms with Gasteiger partial charge in [0.05, 0.1) is 24.5 Å². The van der Waals surface area contributed by atoms with E-state index in [0.29, 0.717) is 30.2 Å². The molecule has 1 unspecified atom stereocenters. The number of para-hydroxylation sites is 1. The van der Waals surface area contributed by atoms with Crippen molar-refractivity contribution in [3.8, 4) is 0 Å². The van der Waals surface area contributed by atoms with Crippen LogP contribution in [0.4, 0.5) is 21.5 Å². The van der Waals surface area contributed by atoms with Crippen molar-refractivity contribution in [3.63, 3.8) is 0 Å². The Labute approximate surface area is 266 Å². The van der Waals surface area contributed by atoms with Gasteiger partial charge in [-0.05, 0) is 55.0 Å². The van der Waals surface area contributed by atoms with Crippen molar-refractivity contribution in [3.05, 3.63) is 125 Å². The molecule has 4 aromatic carbocycles. The molecule has 0 saturated carbocycles. The summed E-state index contributed by atoms with van der Waals surface area (Å²) in [5, 5.41) is 2.94. The molecule has 2 aliphatic rings. The van der Waals surface area contributed by atoms with Crippen LogP contribution in [0.2, 0.25) is 0 Å². The number of nitrogens with zero attached hydrogens (tertiary/aromatic N) is 3. The highest BCUT2D eigenvalue weighted by Crippen LogP contribution is 2.31. The number of nitrogens with one attached hydrogen (secondary N) is 1. The fourth-order valence-corrected chi connectivity index (χ4v) is 5.77. The third kappa shape index (κ3) is 6.38. The largest absolute Gasteiger partial charge is 0.378 e. The standard InChI is InChI=1S/C36H33FN4O5/c1-24-10-12-25(13-11-24)33(35(44)38-27-14-16-28(17-15-27)39-18-20-46-21-19-39)41(22-26-6-2-4-8-30(26)37)32(42)23-40-31-9-5-3-7-29(31)34(43)36(40)45/h2-17,33H,18-23H2,1H3,(H,38,44). The van der Waals surface area contributed by atoms with Gasteiger partial charge in [-0.2, -0.15) is 0 Å². The summed E-state index contributed by atoms with van der Waals surface area (Å²) in [6, 6.07) is 25.9. The number of fused-ring (bicyclic) bond motifs is 1. The van der Waals surface area contributed by atoms with Crippen molar-refractivity contribution in [2.75, 3.05) is 48.0 Å². The van der Waals surface area contributed by atoms with Crippen molar-refractivity contribution >= 4 is 40.6 Å². The Morgan fingerprint density at radius 3 is 2.28 bits per heavy atom. The van der Waals surface area contributed by atoms with Gasteiger partial charge in [0, 0.05) is 36.6 Å². The molecule has 3 amide bonds.